The average Bonchev–Trinajstić information content (AvgIpc) is 2.88. The van der Waals surface area contributed by atoms with Crippen LogP contribution in [0.4, 0.5) is 0 Å². The molecule has 180 valence electrons. The van der Waals surface area contributed by atoms with Crippen molar-refractivity contribution in [3.63, 3.8) is 0 Å². The van der Waals surface area contributed by atoms with Gasteiger partial charge in [-0.05, 0) is 58.2 Å². The first-order valence-corrected chi connectivity index (χ1v) is 13.9. The summed E-state index contributed by atoms with van der Waals surface area (Å²) in [6, 6.07) is 38.1. The summed E-state index contributed by atoms with van der Waals surface area (Å²) >= 11 is 0. The van der Waals surface area contributed by atoms with E-state index >= 15 is 0 Å². The largest absolute Gasteiger partial charge is 0.508 e. The zero-order valence-electron chi connectivity index (χ0n) is 21.0. The van der Waals surface area contributed by atoms with Crippen LogP contribution in [0.15, 0.2) is 109 Å². The Balaban J connectivity index is 1.63. The topological polar surface area (TPSA) is 29.5 Å². The number of phenolic OH excluding ortho intramolecular Hbond substituents is 1. The number of benzene rings is 4. The van der Waals surface area contributed by atoms with Crippen LogP contribution in [0.2, 0.25) is 0 Å². The molecule has 4 aromatic carbocycles. The fourth-order valence-corrected chi connectivity index (χ4v) is 6.32. The highest BCUT2D eigenvalue weighted by atomic mass is 28.2. The third-order valence-corrected chi connectivity index (χ3v) is 8.48. The zero-order valence-corrected chi connectivity index (χ0v) is 22.4. The van der Waals surface area contributed by atoms with Gasteiger partial charge in [-0.3, -0.25) is 0 Å². The van der Waals surface area contributed by atoms with Crippen LogP contribution in [-0.4, -0.2) is 14.9 Å². The van der Waals surface area contributed by atoms with Crippen molar-refractivity contribution >= 4 is 9.76 Å². The van der Waals surface area contributed by atoms with Crippen molar-refractivity contribution < 1.29 is 9.53 Å². The molecule has 4 aromatic rings. The molecule has 0 radical (unpaired) electrons. The summed E-state index contributed by atoms with van der Waals surface area (Å²) in [6.45, 7) is 6.42. The summed E-state index contributed by atoms with van der Waals surface area (Å²) in [5.74, 6) is 0.353. The van der Waals surface area contributed by atoms with E-state index in [9.17, 15) is 5.11 Å². The maximum absolute atomic E-state index is 10.5. The van der Waals surface area contributed by atoms with Crippen molar-refractivity contribution in [1.29, 1.82) is 0 Å². The molecule has 1 atom stereocenters. The first-order chi connectivity index (χ1) is 16.9. The van der Waals surface area contributed by atoms with Crippen molar-refractivity contribution in [2.45, 2.75) is 50.7 Å². The lowest BCUT2D eigenvalue weighted by Gasteiger charge is -2.26. The van der Waals surface area contributed by atoms with Gasteiger partial charge in [-0.15, -0.1) is 0 Å². The maximum Gasteiger partial charge on any atom is 0.174 e. The minimum Gasteiger partial charge on any atom is -0.508 e. The summed E-state index contributed by atoms with van der Waals surface area (Å²) in [5.41, 5.74) is 6.21. The number of hydrogen-bond acceptors (Lipinski definition) is 2. The second-order valence-electron chi connectivity index (χ2n) is 10.2. The predicted octanol–water partition coefficient (Wildman–Crippen LogP) is 7.25. The molecule has 0 aliphatic carbocycles. The number of hydrogen-bond donors (Lipinski definition) is 1. The Bertz CT molecular complexity index is 1150. The molecule has 1 unspecified atom stereocenters. The van der Waals surface area contributed by atoms with E-state index in [0.29, 0.717) is 5.75 Å². The van der Waals surface area contributed by atoms with E-state index in [2.05, 4.69) is 118 Å². The van der Waals surface area contributed by atoms with Gasteiger partial charge in [0.1, 0.15) is 5.75 Å². The van der Waals surface area contributed by atoms with Crippen molar-refractivity contribution in [2.75, 3.05) is 0 Å². The summed E-state index contributed by atoms with van der Waals surface area (Å²) in [6.07, 6.45) is 1.84. The lowest BCUT2D eigenvalue weighted by Crippen LogP contribution is -2.18. The third-order valence-electron chi connectivity index (χ3n) is 6.61. The first kappa shape index (κ1) is 25.0. The van der Waals surface area contributed by atoms with Crippen molar-refractivity contribution in [3.05, 3.63) is 137 Å². The molecule has 2 nitrogen and oxygen atoms in total. The van der Waals surface area contributed by atoms with Gasteiger partial charge in [0.25, 0.3) is 0 Å². The highest BCUT2D eigenvalue weighted by Crippen LogP contribution is 2.35. The SMILES string of the molecule is CC(C)(C)c1cc(C(CCc2ccccc2)O[SiH2]C(c2ccccc2)c2ccccc2)ccc1O. The van der Waals surface area contributed by atoms with Crippen LogP contribution in [0.25, 0.3) is 0 Å². The Labute approximate surface area is 212 Å². The zero-order chi connectivity index (χ0) is 24.7. The number of phenols is 1. The van der Waals surface area contributed by atoms with Crippen LogP contribution >= 0.6 is 0 Å². The minimum atomic E-state index is -0.981. The van der Waals surface area contributed by atoms with Gasteiger partial charge in [0.05, 0.1) is 6.10 Å². The smallest absolute Gasteiger partial charge is 0.174 e. The van der Waals surface area contributed by atoms with Crippen LogP contribution < -0.4 is 0 Å². The van der Waals surface area contributed by atoms with Crippen LogP contribution in [0.5, 0.6) is 5.75 Å². The van der Waals surface area contributed by atoms with Crippen LogP contribution in [0.3, 0.4) is 0 Å². The summed E-state index contributed by atoms with van der Waals surface area (Å²) in [7, 11) is -0.981. The lowest BCUT2D eigenvalue weighted by atomic mass is 9.84. The van der Waals surface area contributed by atoms with Gasteiger partial charge in [-0.2, -0.15) is 0 Å². The fourth-order valence-electron chi connectivity index (χ4n) is 4.61. The molecular weight excluding hydrogens is 444 g/mol. The van der Waals surface area contributed by atoms with E-state index in [1.807, 2.05) is 12.1 Å². The number of aromatic hydroxyl groups is 1. The molecule has 0 aliphatic rings. The van der Waals surface area contributed by atoms with Gasteiger partial charge in [-0.1, -0.05) is 118 Å². The molecule has 0 spiro atoms. The molecule has 35 heavy (non-hydrogen) atoms. The minimum absolute atomic E-state index is 0.0153. The molecular formula is C32H36O2Si. The van der Waals surface area contributed by atoms with Gasteiger partial charge in [0, 0.05) is 5.54 Å². The van der Waals surface area contributed by atoms with E-state index in [0.717, 1.165) is 24.0 Å². The van der Waals surface area contributed by atoms with E-state index in [1.165, 1.54) is 16.7 Å². The normalized spacial score (nSPS) is 12.9. The highest BCUT2D eigenvalue weighted by molar-refractivity contribution is 6.31. The molecule has 0 saturated carbocycles. The van der Waals surface area contributed by atoms with Gasteiger partial charge >= 0.3 is 0 Å². The number of rotatable bonds is 9. The Morgan fingerprint density at radius 1 is 0.714 bits per heavy atom. The molecule has 4 rings (SSSR count). The van der Waals surface area contributed by atoms with Gasteiger partial charge in [0.2, 0.25) is 0 Å². The first-order valence-electron chi connectivity index (χ1n) is 12.5. The highest BCUT2D eigenvalue weighted by Gasteiger charge is 2.23. The Hall–Kier alpha value is -3.14. The fraction of sp³-hybridized carbons (Fsp3) is 0.250. The van der Waals surface area contributed by atoms with E-state index in [4.69, 9.17) is 4.43 Å². The predicted molar refractivity (Wildman–Crippen MR) is 149 cm³/mol. The standard InChI is InChI=1S/C32H36O2Si/c1-32(2,3)28-23-27(20-21-29(28)33)30(22-19-24-13-7-4-8-14-24)34-35-31(25-15-9-5-10-16-25)26-17-11-6-12-18-26/h4-18,20-21,23,30-31,33H,19,22,35H2,1-3H3. The van der Waals surface area contributed by atoms with Gasteiger partial charge in [-0.25, -0.2) is 0 Å². The van der Waals surface area contributed by atoms with Gasteiger partial charge < -0.3 is 9.53 Å². The third kappa shape index (κ3) is 6.72. The Morgan fingerprint density at radius 2 is 1.26 bits per heavy atom. The van der Waals surface area contributed by atoms with Crippen molar-refractivity contribution in [1.82, 2.24) is 0 Å². The second kappa shape index (κ2) is 11.5. The summed E-state index contributed by atoms with van der Waals surface area (Å²) in [5, 5.41) is 10.5. The molecule has 3 heteroatoms. The molecule has 0 bridgehead atoms. The summed E-state index contributed by atoms with van der Waals surface area (Å²) < 4.78 is 6.89. The quantitative estimate of drug-likeness (QED) is 0.256. The lowest BCUT2D eigenvalue weighted by molar-refractivity contribution is 0.203. The van der Waals surface area contributed by atoms with Crippen LogP contribution in [0.1, 0.15) is 66.7 Å². The van der Waals surface area contributed by atoms with E-state index < -0.39 is 9.76 Å². The molecule has 0 saturated heterocycles. The molecule has 0 aromatic heterocycles. The van der Waals surface area contributed by atoms with Gasteiger partial charge in [0.15, 0.2) is 9.76 Å². The van der Waals surface area contributed by atoms with Crippen LogP contribution in [-0.2, 0) is 16.3 Å². The molecule has 0 heterocycles. The van der Waals surface area contributed by atoms with Crippen LogP contribution in [0, 0.1) is 0 Å². The Kier molecular flexibility index (Phi) is 8.22. The average molecular weight is 481 g/mol. The van der Waals surface area contributed by atoms with E-state index in [-0.39, 0.29) is 17.1 Å². The summed E-state index contributed by atoms with van der Waals surface area (Å²) in [4.78, 5) is 0. The molecule has 1 N–H and O–H groups in total. The monoisotopic (exact) mass is 480 g/mol. The molecule has 0 amide bonds. The van der Waals surface area contributed by atoms with Crippen molar-refractivity contribution in [2.24, 2.45) is 0 Å². The maximum atomic E-state index is 10.5. The van der Waals surface area contributed by atoms with E-state index in [1.54, 1.807) is 0 Å². The number of aryl methyl sites for hydroxylation is 1. The molecule has 0 fully saturated rings. The second-order valence-corrected chi connectivity index (χ2v) is 11.7. The molecule has 0 aliphatic heterocycles. The van der Waals surface area contributed by atoms with Crippen molar-refractivity contribution in [3.8, 4) is 5.75 Å². The Morgan fingerprint density at radius 3 is 1.80 bits per heavy atom.